The largest absolute Gasteiger partial charge is 0.534 e. The number of fused-ring (bicyclic) bond motifs is 1. The molecule has 0 aliphatic heterocycles. The Morgan fingerprint density at radius 2 is 1.94 bits per heavy atom. The van der Waals surface area contributed by atoms with Gasteiger partial charge in [-0.05, 0) is 45.4 Å². The Hall–Kier alpha value is -1.97. The second-order valence-electron chi connectivity index (χ2n) is 5.26. The summed E-state index contributed by atoms with van der Waals surface area (Å²) in [7, 11) is 0. The van der Waals surface area contributed by atoms with Gasteiger partial charge in [-0.15, -0.1) is 0 Å². The minimum Gasteiger partial charge on any atom is -0.427 e. The lowest BCUT2D eigenvalue weighted by atomic mass is 10.2. The third kappa shape index (κ3) is 2.83. The van der Waals surface area contributed by atoms with Crippen molar-refractivity contribution in [3.05, 3.63) is 36.0 Å². The highest BCUT2D eigenvalue weighted by molar-refractivity contribution is 5.81. The van der Waals surface area contributed by atoms with Crippen molar-refractivity contribution in [1.82, 2.24) is 4.73 Å². The van der Waals surface area contributed by atoms with E-state index in [0.717, 1.165) is 16.5 Å². The summed E-state index contributed by atoms with van der Waals surface area (Å²) >= 11 is 0. The smallest absolute Gasteiger partial charge is 0.427 e. The molecule has 0 saturated carbocycles. The molecule has 4 nitrogen and oxygen atoms in total. The molecule has 1 heterocycles. The molecule has 0 saturated heterocycles. The summed E-state index contributed by atoms with van der Waals surface area (Å²) in [6.45, 7) is 7.38. The van der Waals surface area contributed by atoms with Crippen LogP contribution in [0.25, 0.3) is 10.9 Å². The first-order valence-electron chi connectivity index (χ1n) is 5.84. The van der Waals surface area contributed by atoms with Crippen LogP contribution in [0.15, 0.2) is 30.5 Å². The molecular formula is C14H17NO3. The van der Waals surface area contributed by atoms with Gasteiger partial charge in [0.2, 0.25) is 0 Å². The van der Waals surface area contributed by atoms with Gasteiger partial charge in [0, 0.05) is 11.6 Å². The molecule has 0 unspecified atom stereocenters. The Labute approximate surface area is 106 Å². The van der Waals surface area contributed by atoms with Gasteiger partial charge in [-0.1, -0.05) is 12.1 Å². The molecule has 4 heteroatoms. The molecule has 0 atom stereocenters. The molecule has 1 aromatic carbocycles. The van der Waals surface area contributed by atoms with E-state index in [9.17, 15) is 4.79 Å². The van der Waals surface area contributed by atoms with Crippen molar-refractivity contribution >= 4 is 17.1 Å². The first-order chi connectivity index (χ1) is 8.35. The number of carbonyl (C=O) groups is 1. The fourth-order valence-electron chi connectivity index (χ4n) is 1.64. The third-order valence-corrected chi connectivity index (χ3v) is 2.38. The summed E-state index contributed by atoms with van der Waals surface area (Å²) in [4.78, 5) is 16.7. The van der Waals surface area contributed by atoms with Gasteiger partial charge in [0.05, 0.1) is 5.52 Å². The predicted octanol–water partition coefficient (Wildman–Crippen LogP) is 3.31. The van der Waals surface area contributed by atoms with E-state index in [-0.39, 0.29) is 0 Å². The number of ether oxygens (including phenoxy) is 1. The highest BCUT2D eigenvalue weighted by Crippen LogP contribution is 2.17. The number of aryl methyl sites for hydroxylation is 1. The number of nitrogens with zero attached hydrogens (tertiary/aromatic N) is 1. The Morgan fingerprint density at radius 1 is 1.22 bits per heavy atom. The number of benzene rings is 1. The topological polar surface area (TPSA) is 40.5 Å². The number of hydrogen-bond donors (Lipinski definition) is 0. The number of aromatic nitrogens is 1. The van der Waals surface area contributed by atoms with Gasteiger partial charge >= 0.3 is 6.16 Å². The lowest BCUT2D eigenvalue weighted by molar-refractivity contribution is -0.00873. The van der Waals surface area contributed by atoms with Crippen molar-refractivity contribution in [2.24, 2.45) is 0 Å². The first kappa shape index (κ1) is 12.5. The molecule has 96 valence electrons. The predicted molar refractivity (Wildman–Crippen MR) is 69.5 cm³/mol. The molecule has 0 radical (unpaired) electrons. The van der Waals surface area contributed by atoms with Crippen LogP contribution < -0.4 is 4.84 Å². The minimum absolute atomic E-state index is 0.560. The van der Waals surface area contributed by atoms with Crippen molar-refractivity contribution in [2.75, 3.05) is 0 Å². The SMILES string of the molecule is Cc1ccc2ccn(OC(=O)OC(C)(C)C)c2c1. The van der Waals surface area contributed by atoms with Gasteiger partial charge in [0.25, 0.3) is 0 Å². The van der Waals surface area contributed by atoms with Gasteiger partial charge in [-0.25, -0.2) is 4.79 Å². The van der Waals surface area contributed by atoms with Gasteiger partial charge in [0.1, 0.15) is 5.60 Å². The molecule has 0 fully saturated rings. The number of rotatable bonds is 1. The maximum atomic E-state index is 11.6. The Kier molecular flexibility index (Phi) is 3.03. The quantitative estimate of drug-likeness (QED) is 0.726. The van der Waals surface area contributed by atoms with Crippen LogP contribution in [0.4, 0.5) is 4.79 Å². The normalized spacial score (nSPS) is 11.6. The van der Waals surface area contributed by atoms with E-state index in [4.69, 9.17) is 9.57 Å². The molecule has 0 bridgehead atoms. The summed E-state index contributed by atoms with van der Waals surface area (Å²) in [5, 5.41) is 1.02. The van der Waals surface area contributed by atoms with Gasteiger partial charge in [-0.2, -0.15) is 4.73 Å². The van der Waals surface area contributed by atoms with E-state index in [0.29, 0.717) is 0 Å². The summed E-state index contributed by atoms with van der Waals surface area (Å²) in [6, 6.07) is 7.85. The van der Waals surface area contributed by atoms with E-state index < -0.39 is 11.8 Å². The van der Waals surface area contributed by atoms with Gasteiger partial charge in [0.15, 0.2) is 0 Å². The van der Waals surface area contributed by atoms with Crippen LogP contribution in [0.1, 0.15) is 26.3 Å². The van der Waals surface area contributed by atoms with Gasteiger partial charge in [-0.3, -0.25) is 0 Å². The molecule has 0 aliphatic rings. The van der Waals surface area contributed by atoms with Crippen LogP contribution in [0.5, 0.6) is 0 Å². The first-order valence-corrected chi connectivity index (χ1v) is 5.84. The molecule has 18 heavy (non-hydrogen) atoms. The van der Waals surface area contributed by atoms with E-state index >= 15 is 0 Å². The van der Waals surface area contributed by atoms with Crippen molar-refractivity contribution in [2.45, 2.75) is 33.3 Å². The molecule has 0 spiro atoms. The molecular weight excluding hydrogens is 230 g/mol. The second kappa shape index (κ2) is 4.37. The Balaban J connectivity index is 2.22. The molecule has 0 aliphatic carbocycles. The molecule has 0 N–H and O–H groups in total. The number of hydrogen-bond acceptors (Lipinski definition) is 3. The Bertz CT molecular complexity index is 578. The van der Waals surface area contributed by atoms with E-state index in [2.05, 4.69) is 0 Å². The van der Waals surface area contributed by atoms with Crippen LogP contribution >= 0.6 is 0 Å². The Morgan fingerprint density at radius 3 is 2.61 bits per heavy atom. The van der Waals surface area contributed by atoms with Crippen LogP contribution in [0, 0.1) is 6.92 Å². The molecule has 0 amide bonds. The minimum atomic E-state index is -0.707. The van der Waals surface area contributed by atoms with Crippen LogP contribution in [-0.4, -0.2) is 16.5 Å². The monoisotopic (exact) mass is 247 g/mol. The van der Waals surface area contributed by atoms with Crippen molar-refractivity contribution in [1.29, 1.82) is 0 Å². The third-order valence-electron chi connectivity index (χ3n) is 2.38. The molecule has 2 aromatic rings. The second-order valence-corrected chi connectivity index (χ2v) is 5.26. The lowest BCUT2D eigenvalue weighted by Gasteiger charge is -2.18. The van der Waals surface area contributed by atoms with E-state index in [1.807, 2.05) is 31.2 Å². The zero-order valence-electron chi connectivity index (χ0n) is 11.1. The zero-order valence-corrected chi connectivity index (χ0v) is 11.1. The maximum Gasteiger partial charge on any atom is 0.534 e. The van der Waals surface area contributed by atoms with Crippen LogP contribution in [0.3, 0.4) is 0 Å². The average molecular weight is 247 g/mol. The van der Waals surface area contributed by atoms with Crippen molar-refractivity contribution < 1.29 is 14.4 Å². The summed E-state index contributed by atoms with van der Waals surface area (Å²) < 4.78 is 6.54. The standard InChI is InChI=1S/C14H17NO3/c1-10-5-6-11-7-8-15(12(11)9-10)18-13(16)17-14(2,3)4/h5-9H,1-4H3. The summed E-state index contributed by atoms with van der Waals surface area (Å²) in [5.74, 6) is 0. The average Bonchev–Trinajstić information content (AvgIpc) is 2.58. The number of carbonyl (C=O) groups excluding carboxylic acids is 1. The molecule has 2 rings (SSSR count). The van der Waals surface area contributed by atoms with Crippen LogP contribution in [0.2, 0.25) is 0 Å². The highest BCUT2D eigenvalue weighted by atomic mass is 16.8. The van der Waals surface area contributed by atoms with Crippen molar-refractivity contribution in [3.8, 4) is 0 Å². The van der Waals surface area contributed by atoms with Crippen LogP contribution in [-0.2, 0) is 4.74 Å². The lowest BCUT2D eigenvalue weighted by Crippen LogP contribution is -2.29. The zero-order chi connectivity index (χ0) is 13.3. The van der Waals surface area contributed by atoms with E-state index in [1.165, 1.54) is 4.73 Å². The van der Waals surface area contributed by atoms with Gasteiger partial charge < -0.3 is 9.57 Å². The highest BCUT2D eigenvalue weighted by Gasteiger charge is 2.18. The summed E-state index contributed by atoms with van der Waals surface area (Å²) in [5.41, 5.74) is 1.40. The van der Waals surface area contributed by atoms with E-state index in [1.54, 1.807) is 27.0 Å². The maximum absolute atomic E-state index is 11.6. The fraction of sp³-hybridized carbons (Fsp3) is 0.357. The summed E-state index contributed by atoms with van der Waals surface area (Å²) in [6.07, 6.45) is 0.995. The van der Waals surface area contributed by atoms with Crippen molar-refractivity contribution in [3.63, 3.8) is 0 Å². The fourth-order valence-corrected chi connectivity index (χ4v) is 1.64. The molecule has 1 aromatic heterocycles.